The van der Waals surface area contributed by atoms with Crippen LogP contribution >= 0.6 is 0 Å². The van der Waals surface area contributed by atoms with Crippen LogP contribution in [0.5, 0.6) is 0 Å². The summed E-state index contributed by atoms with van der Waals surface area (Å²) in [6.45, 7) is 1.62. The van der Waals surface area contributed by atoms with Gasteiger partial charge in [-0.25, -0.2) is 8.98 Å². The Kier molecular flexibility index (Phi) is 3.65. The first-order valence-corrected chi connectivity index (χ1v) is 5.20. The molecular formula is C7H11NO5S. The lowest BCUT2D eigenvalue weighted by Crippen LogP contribution is -2.41. The first-order valence-electron chi connectivity index (χ1n) is 4.17. The van der Waals surface area contributed by atoms with Gasteiger partial charge < -0.3 is 9.84 Å². The fraction of sp³-hybridized carbons (Fsp3) is 0.857. The molecule has 6 nitrogen and oxygen atoms in total. The Labute approximate surface area is 83.1 Å². The van der Waals surface area contributed by atoms with Crippen molar-refractivity contribution in [3.05, 3.63) is 0 Å². The third-order valence-corrected chi connectivity index (χ3v) is 2.51. The van der Waals surface area contributed by atoms with Crippen LogP contribution in [0, 0.1) is 4.61 Å². The molecule has 14 heavy (non-hydrogen) atoms. The van der Waals surface area contributed by atoms with E-state index in [0.717, 1.165) is 0 Å². The minimum Gasteiger partial charge on any atom is -0.479 e. The summed E-state index contributed by atoms with van der Waals surface area (Å²) in [4.78, 5) is 10.6. The molecule has 7 heteroatoms. The average Bonchev–Trinajstić information content (AvgIpc) is 2.07. The number of carbonyl (C=O) groups is 1. The van der Waals surface area contributed by atoms with Crippen molar-refractivity contribution in [2.24, 2.45) is 0 Å². The molecule has 0 aromatic rings. The Morgan fingerprint density at radius 2 is 2.29 bits per heavy atom. The van der Waals surface area contributed by atoms with Crippen LogP contribution in [-0.4, -0.2) is 33.6 Å². The molecule has 0 saturated carbocycles. The standard InChI is InChI=1S/C7H11NO5S/c1-4-5(13-14(8)11)2-3-6(12-4)7(9)10/h4-6H,2-3H2,1H3,(H,9,10)/t4-,5?,6?/m0/s1. The zero-order valence-electron chi connectivity index (χ0n) is 7.58. The van der Waals surface area contributed by atoms with E-state index in [1.54, 1.807) is 6.92 Å². The van der Waals surface area contributed by atoms with Crippen LogP contribution in [0.2, 0.25) is 0 Å². The molecule has 1 fully saturated rings. The normalized spacial score (nSPS) is 32.4. The van der Waals surface area contributed by atoms with Crippen molar-refractivity contribution in [2.45, 2.75) is 38.1 Å². The Balaban J connectivity index is 2.53. The number of nitrogens with zero attached hydrogens (tertiary/aromatic N) is 1. The SMILES string of the molecule is C[C@@H]1OC(C(=O)O)CCC1OS(#N)=O. The second-order valence-electron chi connectivity index (χ2n) is 3.10. The van der Waals surface area contributed by atoms with Gasteiger partial charge in [0.05, 0.1) is 6.10 Å². The molecule has 0 bridgehead atoms. The minimum atomic E-state index is -2.33. The van der Waals surface area contributed by atoms with Gasteiger partial charge in [-0.1, -0.05) is 0 Å². The highest BCUT2D eigenvalue weighted by Crippen LogP contribution is 2.22. The molecule has 0 amide bonds. The van der Waals surface area contributed by atoms with Crippen molar-refractivity contribution in [3.8, 4) is 0 Å². The summed E-state index contributed by atoms with van der Waals surface area (Å²) in [5.41, 5.74) is 0. The molecule has 1 saturated heterocycles. The molecule has 1 aliphatic rings. The molecular weight excluding hydrogens is 210 g/mol. The molecule has 0 aromatic carbocycles. The smallest absolute Gasteiger partial charge is 0.332 e. The number of hydrogen-bond donors (Lipinski definition) is 1. The summed E-state index contributed by atoms with van der Waals surface area (Å²) in [7, 11) is -2.33. The molecule has 0 spiro atoms. The predicted molar refractivity (Wildman–Crippen MR) is 45.9 cm³/mol. The lowest BCUT2D eigenvalue weighted by atomic mass is 10.0. The van der Waals surface area contributed by atoms with Crippen molar-refractivity contribution in [1.82, 2.24) is 0 Å². The Morgan fingerprint density at radius 3 is 2.71 bits per heavy atom. The van der Waals surface area contributed by atoms with Crippen LogP contribution in [0.4, 0.5) is 0 Å². The van der Waals surface area contributed by atoms with Gasteiger partial charge in [0, 0.05) is 0 Å². The summed E-state index contributed by atoms with van der Waals surface area (Å²) in [6.07, 6.45) is -1.14. The van der Waals surface area contributed by atoms with Crippen LogP contribution in [-0.2, 0) is 24.4 Å². The molecule has 1 N–H and O–H groups in total. The monoisotopic (exact) mass is 221 g/mol. The summed E-state index contributed by atoms with van der Waals surface area (Å²) in [5, 5.41) is 8.65. The summed E-state index contributed by atoms with van der Waals surface area (Å²) < 4.78 is 28.6. The lowest BCUT2D eigenvalue weighted by molar-refractivity contribution is -0.165. The molecule has 1 heterocycles. The highest BCUT2D eigenvalue weighted by Gasteiger charge is 2.33. The quantitative estimate of drug-likeness (QED) is 0.713. The van der Waals surface area contributed by atoms with Crippen LogP contribution in [0.3, 0.4) is 0 Å². The lowest BCUT2D eigenvalue weighted by Gasteiger charge is -2.30. The van der Waals surface area contributed by atoms with Gasteiger partial charge in [-0.2, -0.15) is 4.21 Å². The highest BCUT2D eigenvalue weighted by molar-refractivity contribution is 7.65. The van der Waals surface area contributed by atoms with E-state index in [-0.39, 0.29) is 0 Å². The highest BCUT2D eigenvalue weighted by atomic mass is 32.2. The summed E-state index contributed by atoms with van der Waals surface area (Å²) in [5.74, 6) is -1.01. The Hall–Kier alpha value is -0.880. The zero-order valence-corrected chi connectivity index (χ0v) is 8.40. The molecule has 1 aliphatic heterocycles. The van der Waals surface area contributed by atoms with E-state index in [1.165, 1.54) is 0 Å². The van der Waals surface area contributed by atoms with Crippen LogP contribution in [0.25, 0.3) is 0 Å². The maximum atomic E-state index is 10.6. The number of carboxylic acid groups (broad SMARTS) is 1. The van der Waals surface area contributed by atoms with E-state index in [2.05, 4.69) is 4.18 Å². The van der Waals surface area contributed by atoms with Crippen LogP contribution in [0.15, 0.2) is 0 Å². The maximum Gasteiger partial charge on any atom is 0.332 e. The molecule has 1 rings (SSSR count). The van der Waals surface area contributed by atoms with Crippen molar-refractivity contribution in [1.29, 1.82) is 4.61 Å². The van der Waals surface area contributed by atoms with E-state index in [0.29, 0.717) is 12.8 Å². The molecule has 80 valence electrons. The predicted octanol–water partition coefficient (Wildman–Crippen LogP) is 0.167. The van der Waals surface area contributed by atoms with Gasteiger partial charge in [0.25, 0.3) is 0 Å². The van der Waals surface area contributed by atoms with Gasteiger partial charge in [-0.15, -0.1) is 4.61 Å². The van der Waals surface area contributed by atoms with Crippen molar-refractivity contribution in [3.63, 3.8) is 0 Å². The fourth-order valence-electron chi connectivity index (χ4n) is 1.38. The van der Waals surface area contributed by atoms with Crippen LogP contribution < -0.4 is 0 Å². The minimum absolute atomic E-state index is 0.293. The topological polar surface area (TPSA) is 96.6 Å². The molecule has 0 aromatic heterocycles. The average molecular weight is 221 g/mol. The molecule has 2 unspecified atom stereocenters. The van der Waals surface area contributed by atoms with E-state index < -0.39 is 35.0 Å². The van der Waals surface area contributed by atoms with Gasteiger partial charge in [-0.05, 0) is 19.8 Å². The second kappa shape index (κ2) is 4.56. The largest absolute Gasteiger partial charge is 0.479 e. The van der Waals surface area contributed by atoms with Crippen molar-refractivity contribution in [2.75, 3.05) is 0 Å². The van der Waals surface area contributed by atoms with E-state index >= 15 is 0 Å². The van der Waals surface area contributed by atoms with E-state index in [1.807, 2.05) is 0 Å². The van der Waals surface area contributed by atoms with Gasteiger partial charge >= 0.3 is 16.7 Å². The number of carboxylic acids is 1. The maximum absolute atomic E-state index is 10.6. The number of ether oxygens (including phenoxy) is 1. The zero-order chi connectivity index (χ0) is 10.7. The third-order valence-electron chi connectivity index (χ3n) is 2.10. The molecule has 3 atom stereocenters. The summed E-state index contributed by atoms with van der Waals surface area (Å²) >= 11 is 0. The van der Waals surface area contributed by atoms with Gasteiger partial charge in [0.15, 0.2) is 6.10 Å². The first-order chi connectivity index (χ1) is 6.50. The fourth-order valence-corrected chi connectivity index (χ4v) is 1.84. The summed E-state index contributed by atoms with van der Waals surface area (Å²) in [6, 6.07) is 0. The van der Waals surface area contributed by atoms with Gasteiger partial charge in [-0.3, -0.25) is 0 Å². The van der Waals surface area contributed by atoms with Gasteiger partial charge in [0.1, 0.15) is 6.10 Å². The van der Waals surface area contributed by atoms with Crippen LogP contribution in [0.1, 0.15) is 19.8 Å². The number of rotatable bonds is 2. The number of hydrogen-bond acceptors (Lipinski definition) is 5. The Bertz CT molecular complexity index is 337. The van der Waals surface area contributed by atoms with E-state index in [4.69, 9.17) is 14.5 Å². The van der Waals surface area contributed by atoms with Gasteiger partial charge in [0.2, 0.25) is 0 Å². The number of aliphatic carboxylic acids is 1. The Morgan fingerprint density at radius 1 is 1.64 bits per heavy atom. The van der Waals surface area contributed by atoms with Crippen molar-refractivity contribution >= 4 is 16.7 Å². The van der Waals surface area contributed by atoms with E-state index in [9.17, 15) is 9.00 Å². The molecule has 0 radical (unpaired) electrons. The first kappa shape index (κ1) is 11.2. The second-order valence-corrected chi connectivity index (χ2v) is 3.72. The molecule has 0 aliphatic carbocycles. The van der Waals surface area contributed by atoms with Crippen molar-refractivity contribution < 1.29 is 23.0 Å². The third kappa shape index (κ3) is 2.81.